The smallest absolute Gasteiger partial charge is 0.153 e. The Hall–Kier alpha value is -1.44. The standard InChI is InChI=1S/C16H17FN2OS3/c1-11(2)19(23(20)14-6-3-12(17)4-7-14)13-5-8-15(18-10-21)16(22)9-13/h3-11,22H,1-2H3,(H,18,21). The van der Waals surface area contributed by atoms with Gasteiger partial charge in [-0.25, -0.2) is 8.60 Å². The molecule has 2 rings (SSSR count). The zero-order valence-corrected chi connectivity index (χ0v) is 15.2. The molecule has 7 heteroatoms. The molecule has 3 nitrogen and oxygen atoms in total. The second kappa shape index (κ2) is 7.90. The van der Waals surface area contributed by atoms with Gasteiger partial charge in [0.15, 0.2) is 11.0 Å². The summed E-state index contributed by atoms with van der Waals surface area (Å²) >= 11 is 9.21. The third kappa shape index (κ3) is 4.31. The van der Waals surface area contributed by atoms with Crippen LogP contribution in [-0.2, 0) is 11.0 Å². The summed E-state index contributed by atoms with van der Waals surface area (Å²) in [5, 5.41) is 2.92. The van der Waals surface area contributed by atoms with Crippen LogP contribution in [0, 0.1) is 5.82 Å². The fourth-order valence-electron chi connectivity index (χ4n) is 2.09. The van der Waals surface area contributed by atoms with E-state index < -0.39 is 11.0 Å². The fourth-order valence-corrected chi connectivity index (χ4v) is 3.77. The molecule has 2 aromatic carbocycles. The lowest BCUT2D eigenvalue weighted by molar-refractivity contribution is 0.626. The topological polar surface area (TPSA) is 32.3 Å². The molecule has 0 saturated heterocycles. The van der Waals surface area contributed by atoms with Gasteiger partial charge < -0.3 is 5.32 Å². The first kappa shape index (κ1) is 17.9. The van der Waals surface area contributed by atoms with Gasteiger partial charge in [0.05, 0.1) is 21.8 Å². The number of halogens is 1. The van der Waals surface area contributed by atoms with Crippen molar-refractivity contribution in [3.63, 3.8) is 0 Å². The van der Waals surface area contributed by atoms with Crippen molar-refractivity contribution in [1.82, 2.24) is 0 Å². The van der Waals surface area contributed by atoms with Crippen LogP contribution in [0.25, 0.3) is 0 Å². The van der Waals surface area contributed by atoms with Crippen molar-refractivity contribution in [3.05, 3.63) is 48.3 Å². The van der Waals surface area contributed by atoms with Crippen molar-refractivity contribution in [3.8, 4) is 0 Å². The molecule has 0 saturated carbocycles. The maximum absolute atomic E-state index is 13.1. The summed E-state index contributed by atoms with van der Waals surface area (Å²) in [5.41, 5.74) is 2.96. The summed E-state index contributed by atoms with van der Waals surface area (Å²) in [6, 6.07) is 11.2. The number of nitrogens with one attached hydrogen (secondary N) is 1. The monoisotopic (exact) mass is 368 g/mol. The van der Waals surface area contributed by atoms with Crippen LogP contribution in [0.4, 0.5) is 15.8 Å². The van der Waals surface area contributed by atoms with E-state index in [1.54, 1.807) is 4.31 Å². The van der Waals surface area contributed by atoms with Gasteiger partial charge in [0.1, 0.15) is 5.82 Å². The number of rotatable bonds is 6. The highest BCUT2D eigenvalue weighted by Gasteiger charge is 2.20. The maximum Gasteiger partial charge on any atom is 0.153 e. The van der Waals surface area contributed by atoms with Crippen LogP contribution < -0.4 is 9.62 Å². The molecule has 0 aromatic heterocycles. The van der Waals surface area contributed by atoms with E-state index in [1.807, 2.05) is 32.0 Å². The molecule has 1 atom stereocenters. The summed E-state index contributed by atoms with van der Waals surface area (Å²) in [6.07, 6.45) is 0. The minimum absolute atomic E-state index is 0.0158. The largest absolute Gasteiger partial charge is 0.352 e. The Morgan fingerprint density at radius 2 is 1.91 bits per heavy atom. The van der Waals surface area contributed by atoms with E-state index >= 15 is 0 Å². The zero-order valence-electron chi connectivity index (χ0n) is 12.7. The molecule has 2 aromatic rings. The Morgan fingerprint density at radius 3 is 2.43 bits per heavy atom. The number of nitrogens with zero attached hydrogens (tertiary/aromatic N) is 1. The Balaban J connectivity index is 2.38. The minimum Gasteiger partial charge on any atom is -0.352 e. The van der Waals surface area contributed by atoms with Gasteiger partial charge in [0.2, 0.25) is 0 Å². The highest BCUT2D eigenvalue weighted by atomic mass is 32.2. The lowest BCUT2D eigenvalue weighted by Crippen LogP contribution is -2.32. The van der Waals surface area contributed by atoms with Crippen molar-refractivity contribution in [2.45, 2.75) is 29.7 Å². The average Bonchev–Trinajstić information content (AvgIpc) is 2.50. The lowest BCUT2D eigenvalue weighted by Gasteiger charge is -2.28. The van der Waals surface area contributed by atoms with E-state index in [-0.39, 0.29) is 11.9 Å². The van der Waals surface area contributed by atoms with Gasteiger partial charge in [-0.2, -0.15) is 0 Å². The molecule has 0 aliphatic carbocycles. The Bertz CT molecular complexity index is 720. The minimum atomic E-state index is -1.45. The molecule has 122 valence electrons. The Labute approximate surface area is 148 Å². The summed E-state index contributed by atoms with van der Waals surface area (Å²) in [5.74, 6) is -0.352. The fraction of sp³-hybridized carbons (Fsp3) is 0.188. The highest BCUT2D eigenvalue weighted by Crippen LogP contribution is 2.29. The molecule has 0 radical (unpaired) electrons. The summed E-state index contributed by atoms with van der Waals surface area (Å²) < 4.78 is 27.7. The number of benzene rings is 2. The second-order valence-corrected chi connectivity index (χ2v) is 7.17. The molecular weight excluding hydrogens is 351 g/mol. The number of anilines is 2. The quantitative estimate of drug-likeness (QED) is 0.585. The summed E-state index contributed by atoms with van der Waals surface area (Å²) in [6.45, 7) is 3.89. The summed E-state index contributed by atoms with van der Waals surface area (Å²) in [7, 11) is -1.45. The van der Waals surface area contributed by atoms with E-state index in [2.05, 4.69) is 17.9 Å². The van der Waals surface area contributed by atoms with Crippen molar-refractivity contribution < 1.29 is 8.60 Å². The molecule has 0 aliphatic heterocycles. The molecule has 0 heterocycles. The molecule has 1 unspecified atom stereocenters. The number of hydrogen-bond acceptors (Lipinski definition) is 3. The van der Waals surface area contributed by atoms with E-state index in [9.17, 15) is 8.60 Å². The van der Waals surface area contributed by atoms with Crippen LogP contribution in [0.2, 0.25) is 0 Å². The van der Waals surface area contributed by atoms with E-state index in [0.717, 1.165) is 11.4 Å². The SMILES string of the molecule is CC(C)N(c1ccc(NC=S)c(S)c1)S(=O)c1ccc(F)cc1. The van der Waals surface area contributed by atoms with Crippen molar-refractivity contribution in [1.29, 1.82) is 0 Å². The normalized spacial score (nSPS) is 12.0. The number of thiol groups is 1. The van der Waals surface area contributed by atoms with E-state index in [1.165, 1.54) is 29.8 Å². The van der Waals surface area contributed by atoms with Crippen LogP contribution in [0.15, 0.2) is 52.3 Å². The van der Waals surface area contributed by atoms with Crippen LogP contribution in [0.3, 0.4) is 0 Å². The lowest BCUT2D eigenvalue weighted by atomic mass is 10.2. The van der Waals surface area contributed by atoms with Crippen molar-refractivity contribution in [2.75, 3.05) is 9.62 Å². The second-order valence-electron chi connectivity index (χ2n) is 5.09. The van der Waals surface area contributed by atoms with Crippen LogP contribution in [0.5, 0.6) is 0 Å². The molecule has 0 spiro atoms. The molecule has 0 amide bonds. The van der Waals surface area contributed by atoms with Gasteiger partial charge in [0, 0.05) is 10.9 Å². The van der Waals surface area contributed by atoms with Gasteiger partial charge in [-0.15, -0.1) is 12.6 Å². The Morgan fingerprint density at radius 1 is 1.26 bits per heavy atom. The molecule has 23 heavy (non-hydrogen) atoms. The maximum atomic E-state index is 13.1. The van der Waals surface area contributed by atoms with Gasteiger partial charge >= 0.3 is 0 Å². The third-order valence-corrected chi connectivity index (χ3v) is 5.27. The van der Waals surface area contributed by atoms with Crippen molar-refractivity contribution >= 4 is 52.7 Å². The molecule has 1 N–H and O–H groups in total. The van der Waals surface area contributed by atoms with E-state index in [0.29, 0.717) is 9.79 Å². The highest BCUT2D eigenvalue weighted by molar-refractivity contribution is 7.86. The average molecular weight is 369 g/mol. The summed E-state index contributed by atoms with van der Waals surface area (Å²) in [4.78, 5) is 1.24. The van der Waals surface area contributed by atoms with Gasteiger partial charge in [-0.05, 0) is 56.3 Å². The molecule has 0 fully saturated rings. The number of thiocarbonyl (C=S) groups is 1. The van der Waals surface area contributed by atoms with Crippen LogP contribution >= 0.6 is 24.8 Å². The molecule has 0 aliphatic rings. The Kier molecular flexibility index (Phi) is 6.15. The molecular formula is C16H17FN2OS3. The van der Waals surface area contributed by atoms with Crippen molar-refractivity contribution in [2.24, 2.45) is 0 Å². The third-order valence-electron chi connectivity index (χ3n) is 3.11. The predicted octanol–water partition coefficient (Wildman–Crippen LogP) is 4.42. The van der Waals surface area contributed by atoms with Gasteiger partial charge in [-0.3, -0.25) is 4.31 Å². The zero-order chi connectivity index (χ0) is 17.0. The molecule has 0 bridgehead atoms. The first-order valence-electron chi connectivity index (χ1n) is 6.94. The van der Waals surface area contributed by atoms with Crippen LogP contribution in [-0.4, -0.2) is 15.7 Å². The first-order valence-corrected chi connectivity index (χ1v) is 8.96. The van der Waals surface area contributed by atoms with E-state index in [4.69, 9.17) is 12.2 Å². The van der Waals surface area contributed by atoms with Gasteiger partial charge in [0.25, 0.3) is 0 Å². The number of hydrogen-bond donors (Lipinski definition) is 2. The first-order chi connectivity index (χ1) is 10.9. The van der Waals surface area contributed by atoms with Gasteiger partial charge in [-0.1, -0.05) is 12.2 Å². The predicted molar refractivity (Wildman–Crippen MR) is 101 cm³/mol. The van der Waals surface area contributed by atoms with Crippen LogP contribution in [0.1, 0.15) is 13.8 Å².